The number of allylic oxidation sites excluding steroid dienone is 1. The molecule has 1 aromatic carbocycles. The van der Waals surface area contributed by atoms with Gasteiger partial charge in [-0.2, -0.15) is 0 Å². The van der Waals surface area contributed by atoms with E-state index in [9.17, 15) is 10.1 Å². The van der Waals surface area contributed by atoms with Gasteiger partial charge in [-0.25, -0.2) is 4.98 Å². The number of rotatable bonds is 3. The lowest BCUT2D eigenvalue weighted by Gasteiger charge is -1.96. The molecule has 0 aliphatic rings. The van der Waals surface area contributed by atoms with Gasteiger partial charge in [0.15, 0.2) is 0 Å². The van der Waals surface area contributed by atoms with Crippen molar-refractivity contribution in [2.45, 2.75) is 0 Å². The molecule has 3 aromatic rings. The van der Waals surface area contributed by atoms with Crippen LogP contribution >= 0.6 is 11.3 Å². The molecule has 2 heterocycles. The molecule has 0 spiro atoms. The molecule has 0 bridgehead atoms. The minimum atomic E-state index is -0.578. The third kappa shape index (κ3) is 3.39. The van der Waals surface area contributed by atoms with Gasteiger partial charge in [-0.1, -0.05) is 11.8 Å². The minimum Gasteiger partial charge on any atom is -0.497 e. The minimum absolute atomic E-state index is 0.248. The van der Waals surface area contributed by atoms with Crippen molar-refractivity contribution >= 4 is 33.4 Å². The summed E-state index contributed by atoms with van der Waals surface area (Å²) >= 11 is 1.51. The number of nitrogens with zero attached hydrogens (tertiary/aromatic N) is 3. The van der Waals surface area contributed by atoms with Crippen LogP contribution < -0.4 is 4.74 Å². The summed E-state index contributed by atoms with van der Waals surface area (Å²) in [6.07, 6.45) is 5.80. The quantitative estimate of drug-likeness (QED) is 0.416. The Bertz CT molecular complexity index is 999. The van der Waals surface area contributed by atoms with Gasteiger partial charge in [-0.3, -0.25) is 0 Å². The van der Waals surface area contributed by atoms with Gasteiger partial charge in [0.2, 0.25) is 6.20 Å². The van der Waals surface area contributed by atoms with Crippen molar-refractivity contribution < 1.29 is 9.66 Å². The second kappa shape index (κ2) is 6.89. The molecule has 0 saturated heterocycles. The lowest BCUT2D eigenvalue weighted by molar-refractivity contribution is -0.389. The summed E-state index contributed by atoms with van der Waals surface area (Å²) in [5, 5.41) is 11.6. The van der Waals surface area contributed by atoms with Gasteiger partial charge >= 0.3 is 5.82 Å². The Morgan fingerprint density at radius 1 is 1.42 bits per heavy atom. The van der Waals surface area contributed by atoms with E-state index in [2.05, 4.69) is 28.0 Å². The zero-order chi connectivity index (χ0) is 16.9. The van der Waals surface area contributed by atoms with Crippen LogP contribution in [0.15, 0.2) is 36.4 Å². The van der Waals surface area contributed by atoms with Gasteiger partial charge in [0.1, 0.15) is 16.3 Å². The first-order chi connectivity index (χ1) is 11.7. The van der Waals surface area contributed by atoms with Crippen molar-refractivity contribution in [2.24, 2.45) is 0 Å². The lowest BCUT2D eigenvalue weighted by atomic mass is 10.2. The highest BCUT2D eigenvalue weighted by atomic mass is 32.1. The monoisotopic (exact) mass is 336 g/mol. The molecule has 6 nitrogen and oxygen atoms in total. The van der Waals surface area contributed by atoms with Gasteiger partial charge < -0.3 is 14.9 Å². The third-order valence-corrected chi connectivity index (χ3v) is 4.02. The van der Waals surface area contributed by atoms with Crippen molar-refractivity contribution in [3.05, 3.63) is 63.3 Å². The number of pyridine rings is 1. The van der Waals surface area contributed by atoms with Crippen LogP contribution in [-0.4, -0.2) is 22.0 Å². The Hall–Kier alpha value is -3.24. The summed E-state index contributed by atoms with van der Waals surface area (Å²) in [5.41, 5.74) is 1.13. The summed E-state index contributed by atoms with van der Waals surface area (Å²) in [6.45, 7) is 0. The van der Waals surface area contributed by atoms with Crippen LogP contribution in [0.2, 0.25) is 0 Å². The van der Waals surface area contributed by atoms with E-state index in [-0.39, 0.29) is 11.4 Å². The Kier molecular flexibility index (Phi) is 4.50. The van der Waals surface area contributed by atoms with E-state index < -0.39 is 4.92 Å². The smallest absolute Gasteiger partial charge is 0.380 e. The fourth-order valence-corrected chi connectivity index (χ4v) is 2.84. The van der Waals surface area contributed by atoms with Gasteiger partial charge in [0.25, 0.3) is 0 Å². The number of nitro groups is 1. The van der Waals surface area contributed by atoms with Crippen LogP contribution in [0.3, 0.4) is 0 Å². The van der Waals surface area contributed by atoms with E-state index in [1.54, 1.807) is 19.3 Å². The summed E-state index contributed by atoms with van der Waals surface area (Å²) < 4.78 is 6.20. The number of thiazole rings is 1. The summed E-state index contributed by atoms with van der Waals surface area (Å²) in [7, 11) is 1.62. The van der Waals surface area contributed by atoms with Crippen molar-refractivity contribution in [2.75, 3.05) is 7.11 Å². The van der Waals surface area contributed by atoms with Crippen LogP contribution in [0.5, 0.6) is 5.75 Å². The standard InChI is InChI=1S/C17H10N3O3S/c1-23-13-8-9-14-15(11-13)24-16(19-14)7-3-2-5-12-6-4-10-18-17(12)20(21)22/h3-4,6-9,11H,1H3/b7-3+. The Labute approximate surface area is 141 Å². The summed E-state index contributed by atoms with van der Waals surface area (Å²) in [6, 6.07) is 8.67. The molecule has 0 saturated carbocycles. The van der Waals surface area contributed by atoms with Gasteiger partial charge in [0.05, 0.1) is 17.3 Å². The molecule has 0 aliphatic heterocycles. The molecule has 0 amide bonds. The molecule has 7 heteroatoms. The summed E-state index contributed by atoms with van der Waals surface area (Å²) in [4.78, 5) is 18.3. The maximum atomic E-state index is 10.8. The van der Waals surface area contributed by atoms with Crippen LogP contribution in [0, 0.1) is 28.2 Å². The number of aromatic nitrogens is 2. The zero-order valence-electron chi connectivity index (χ0n) is 12.5. The van der Waals surface area contributed by atoms with Crippen LogP contribution in [0.1, 0.15) is 10.6 Å². The molecular formula is C17H10N3O3S. The second-order valence-electron chi connectivity index (χ2n) is 4.56. The van der Waals surface area contributed by atoms with Crippen molar-refractivity contribution in [3.8, 4) is 17.6 Å². The van der Waals surface area contributed by atoms with Crippen molar-refractivity contribution in [1.82, 2.24) is 9.97 Å². The van der Waals surface area contributed by atoms with Crippen LogP contribution in [0.4, 0.5) is 5.82 Å². The SMILES string of the molecule is COc1ccc2nc(/C=C/C#Cc3cc[c]nc3[N+](=O)[O-])sc2c1. The number of ether oxygens (including phenoxy) is 1. The predicted molar refractivity (Wildman–Crippen MR) is 91.8 cm³/mol. The van der Waals surface area contributed by atoms with E-state index in [4.69, 9.17) is 4.74 Å². The molecule has 0 aliphatic carbocycles. The van der Waals surface area contributed by atoms with Gasteiger partial charge in [0, 0.05) is 0 Å². The fraction of sp³-hybridized carbons (Fsp3) is 0.0588. The molecule has 2 aromatic heterocycles. The van der Waals surface area contributed by atoms with Crippen molar-refractivity contribution in [3.63, 3.8) is 0 Å². The molecule has 0 unspecified atom stereocenters. The maximum absolute atomic E-state index is 10.8. The predicted octanol–water partition coefficient (Wildman–Crippen LogP) is 3.47. The maximum Gasteiger partial charge on any atom is 0.380 e. The highest BCUT2D eigenvalue weighted by Gasteiger charge is 2.11. The summed E-state index contributed by atoms with van der Waals surface area (Å²) in [5.74, 6) is 5.96. The first-order valence-corrected chi connectivity index (χ1v) is 7.63. The highest BCUT2D eigenvalue weighted by molar-refractivity contribution is 7.19. The first-order valence-electron chi connectivity index (χ1n) is 6.81. The number of hydrogen-bond acceptors (Lipinski definition) is 6. The van der Waals surface area contributed by atoms with E-state index in [1.165, 1.54) is 23.5 Å². The topological polar surface area (TPSA) is 78.2 Å². The largest absolute Gasteiger partial charge is 0.497 e. The second-order valence-corrected chi connectivity index (χ2v) is 5.62. The van der Waals surface area contributed by atoms with Crippen molar-refractivity contribution in [1.29, 1.82) is 0 Å². The number of methoxy groups -OCH3 is 1. The molecule has 0 fully saturated rings. The van der Waals surface area contributed by atoms with Crippen LogP contribution in [0.25, 0.3) is 16.3 Å². The number of fused-ring (bicyclic) bond motifs is 1. The molecule has 1 radical (unpaired) electrons. The Morgan fingerprint density at radius 3 is 3.08 bits per heavy atom. The van der Waals surface area contributed by atoms with Gasteiger partial charge in [-0.15, -0.1) is 11.3 Å². The zero-order valence-corrected chi connectivity index (χ0v) is 13.3. The Morgan fingerprint density at radius 2 is 2.29 bits per heavy atom. The van der Waals surface area contributed by atoms with E-state index in [1.807, 2.05) is 18.2 Å². The average Bonchev–Trinajstić information content (AvgIpc) is 3.00. The normalized spacial score (nSPS) is 10.5. The molecule has 24 heavy (non-hydrogen) atoms. The lowest BCUT2D eigenvalue weighted by Crippen LogP contribution is -1.94. The van der Waals surface area contributed by atoms with Gasteiger partial charge in [-0.05, 0) is 52.4 Å². The molecule has 0 atom stereocenters. The average molecular weight is 336 g/mol. The molecular weight excluding hydrogens is 326 g/mol. The third-order valence-electron chi connectivity index (χ3n) is 3.04. The Balaban J connectivity index is 1.82. The first kappa shape index (κ1) is 15.6. The highest BCUT2D eigenvalue weighted by Crippen LogP contribution is 2.26. The van der Waals surface area contributed by atoms with E-state index in [0.29, 0.717) is 0 Å². The molecule has 0 N–H and O–H groups in total. The fourth-order valence-electron chi connectivity index (χ4n) is 1.94. The number of hydrogen-bond donors (Lipinski definition) is 0. The van der Waals surface area contributed by atoms with E-state index >= 15 is 0 Å². The molecule has 3 rings (SSSR count). The molecule has 117 valence electrons. The van der Waals surface area contributed by atoms with E-state index in [0.717, 1.165) is 21.0 Å². The number of benzene rings is 1. The van der Waals surface area contributed by atoms with Crippen LogP contribution in [-0.2, 0) is 0 Å².